The molecule has 1 aromatic rings. The summed E-state index contributed by atoms with van der Waals surface area (Å²) < 4.78 is 12.9. The minimum atomic E-state index is -0.268. The monoisotopic (exact) mass is 330 g/mol. The summed E-state index contributed by atoms with van der Waals surface area (Å²) >= 11 is 0. The Balaban J connectivity index is 1.82. The molecule has 2 rings (SSSR count). The Kier molecular flexibility index (Phi) is 6.73. The Hall–Kier alpha value is -1.94. The van der Waals surface area contributed by atoms with Crippen LogP contribution in [0.1, 0.15) is 39.2 Å². The lowest BCUT2D eigenvalue weighted by Gasteiger charge is -2.31. The topological polar surface area (TPSA) is 32.3 Å². The van der Waals surface area contributed by atoms with Crippen LogP contribution in [0, 0.1) is 5.82 Å². The molecule has 1 amide bonds. The van der Waals surface area contributed by atoms with Crippen molar-refractivity contribution in [3.63, 3.8) is 0 Å². The van der Waals surface area contributed by atoms with Gasteiger partial charge in [0, 0.05) is 31.8 Å². The number of hydrogen-bond acceptors (Lipinski definition) is 2. The first-order valence-electron chi connectivity index (χ1n) is 8.54. The van der Waals surface area contributed by atoms with E-state index in [1.54, 1.807) is 18.2 Å². The molecule has 0 spiro atoms. The molecule has 0 unspecified atom stereocenters. The number of piperidine rings is 1. The van der Waals surface area contributed by atoms with Crippen LogP contribution in [0.25, 0.3) is 5.57 Å². The highest BCUT2D eigenvalue weighted by Gasteiger charge is 2.19. The molecular formula is C20H27FN2O. The number of nitrogens with one attached hydrogen (secondary N) is 1. The van der Waals surface area contributed by atoms with Crippen LogP contribution >= 0.6 is 0 Å². The minimum absolute atomic E-state index is 0.0698. The van der Waals surface area contributed by atoms with E-state index in [2.05, 4.69) is 30.1 Å². The number of nitrogens with zero attached hydrogens (tertiary/aromatic N) is 1. The van der Waals surface area contributed by atoms with E-state index in [9.17, 15) is 9.18 Å². The predicted octanol–water partition coefficient (Wildman–Crippen LogP) is 3.78. The largest absolute Gasteiger partial charge is 0.350 e. The summed E-state index contributed by atoms with van der Waals surface area (Å²) in [6.45, 7) is 9.11. The van der Waals surface area contributed by atoms with Gasteiger partial charge in [-0.15, -0.1) is 0 Å². The van der Waals surface area contributed by atoms with Crippen LogP contribution in [0.4, 0.5) is 4.39 Å². The number of halogens is 1. The van der Waals surface area contributed by atoms with Gasteiger partial charge in [-0.1, -0.05) is 23.8 Å². The first-order chi connectivity index (χ1) is 11.4. The van der Waals surface area contributed by atoms with Gasteiger partial charge in [0.2, 0.25) is 5.91 Å². The first kappa shape index (κ1) is 18.4. The Morgan fingerprint density at radius 3 is 2.42 bits per heavy atom. The minimum Gasteiger partial charge on any atom is -0.350 e. The van der Waals surface area contributed by atoms with E-state index in [4.69, 9.17) is 0 Å². The number of allylic oxidation sites excluding steroid dienone is 2. The maximum Gasteiger partial charge on any atom is 0.244 e. The van der Waals surface area contributed by atoms with Gasteiger partial charge in [-0.3, -0.25) is 9.69 Å². The number of carbonyl (C=O) groups excluding carboxylic acids is 1. The Bertz CT molecular complexity index is 607. The van der Waals surface area contributed by atoms with Crippen molar-refractivity contribution < 1.29 is 9.18 Å². The van der Waals surface area contributed by atoms with Gasteiger partial charge in [-0.2, -0.15) is 0 Å². The fraction of sp³-hybridized carbons (Fsp3) is 0.450. The van der Waals surface area contributed by atoms with Gasteiger partial charge in [0.05, 0.1) is 0 Å². The molecule has 1 fully saturated rings. The van der Waals surface area contributed by atoms with Crippen molar-refractivity contribution in [1.82, 2.24) is 10.2 Å². The fourth-order valence-corrected chi connectivity index (χ4v) is 2.81. The summed E-state index contributed by atoms with van der Waals surface area (Å²) in [6, 6.07) is 6.43. The van der Waals surface area contributed by atoms with E-state index in [-0.39, 0.29) is 17.8 Å². The number of amides is 1. The Morgan fingerprint density at radius 2 is 1.83 bits per heavy atom. The Morgan fingerprint density at radius 1 is 1.21 bits per heavy atom. The third kappa shape index (κ3) is 5.93. The predicted molar refractivity (Wildman–Crippen MR) is 97.1 cm³/mol. The highest BCUT2D eigenvalue weighted by atomic mass is 19.1. The van der Waals surface area contributed by atoms with Gasteiger partial charge in [0.1, 0.15) is 5.82 Å². The molecule has 1 N–H and O–H groups in total. The maximum absolute atomic E-state index is 12.9. The highest BCUT2D eigenvalue weighted by molar-refractivity contribution is 5.95. The number of rotatable bonds is 5. The second-order valence-electron chi connectivity index (χ2n) is 6.70. The van der Waals surface area contributed by atoms with Gasteiger partial charge in [0.15, 0.2) is 0 Å². The van der Waals surface area contributed by atoms with Crippen LogP contribution in [0.2, 0.25) is 0 Å². The molecule has 1 aliphatic heterocycles. The van der Waals surface area contributed by atoms with Crippen molar-refractivity contribution in [2.75, 3.05) is 19.6 Å². The quantitative estimate of drug-likeness (QED) is 0.658. The smallest absolute Gasteiger partial charge is 0.244 e. The first-order valence-corrected chi connectivity index (χ1v) is 8.54. The molecule has 0 radical (unpaired) electrons. The van der Waals surface area contributed by atoms with Crippen LogP contribution in [-0.2, 0) is 4.79 Å². The summed E-state index contributed by atoms with van der Waals surface area (Å²) in [5.74, 6) is -0.338. The molecule has 1 saturated heterocycles. The lowest BCUT2D eigenvalue weighted by molar-refractivity contribution is -0.117. The normalized spacial score (nSPS) is 16.8. The van der Waals surface area contributed by atoms with E-state index in [1.807, 2.05) is 6.92 Å². The molecule has 0 bridgehead atoms. The summed E-state index contributed by atoms with van der Waals surface area (Å²) in [4.78, 5) is 14.6. The standard InChI is InChI=1S/C20H27FN2O/c1-15(2)8-11-23-12-9-19(10-13-23)22-20(24)14-16(3)17-4-6-18(21)7-5-17/h4-8,14,19H,9-13H2,1-3H3,(H,22,24)/b16-14-. The number of hydrogen-bond donors (Lipinski definition) is 1. The van der Waals surface area contributed by atoms with E-state index < -0.39 is 0 Å². The van der Waals surface area contributed by atoms with Crippen molar-refractivity contribution in [2.45, 2.75) is 39.7 Å². The Labute approximate surface area is 144 Å². The lowest BCUT2D eigenvalue weighted by Crippen LogP contribution is -2.44. The zero-order valence-electron chi connectivity index (χ0n) is 14.8. The molecule has 3 nitrogen and oxygen atoms in total. The SMILES string of the molecule is CC(C)=CCN1CCC(NC(=O)/C=C(/C)c2ccc(F)cc2)CC1. The molecule has 0 aliphatic carbocycles. The number of likely N-dealkylation sites (tertiary alicyclic amines) is 1. The molecule has 0 atom stereocenters. The zero-order valence-corrected chi connectivity index (χ0v) is 14.8. The second-order valence-corrected chi connectivity index (χ2v) is 6.70. The summed E-state index contributed by atoms with van der Waals surface area (Å²) in [5.41, 5.74) is 3.04. The summed E-state index contributed by atoms with van der Waals surface area (Å²) in [6.07, 6.45) is 5.80. The number of benzene rings is 1. The molecule has 1 heterocycles. The molecule has 1 aliphatic rings. The average molecular weight is 330 g/mol. The van der Waals surface area contributed by atoms with Gasteiger partial charge in [-0.25, -0.2) is 4.39 Å². The fourth-order valence-electron chi connectivity index (χ4n) is 2.81. The second kappa shape index (κ2) is 8.78. The van der Waals surface area contributed by atoms with Gasteiger partial charge in [0.25, 0.3) is 0 Å². The third-order valence-electron chi connectivity index (χ3n) is 4.34. The molecular weight excluding hydrogens is 303 g/mol. The van der Waals surface area contributed by atoms with Crippen LogP contribution in [-0.4, -0.2) is 36.5 Å². The molecule has 4 heteroatoms. The average Bonchev–Trinajstić information content (AvgIpc) is 2.54. The van der Waals surface area contributed by atoms with Gasteiger partial charge >= 0.3 is 0 Å². The van der Waals surface area contributed by atoms with Crippen LogP contribution < -0.4 is 5.32 Å². The number of carbonyl (C=O) groups is 1. The molecule has 1 aromatic carbocycles. The van der Waals surface area contributed by atoms with E-state index in [0.29, 0.717) is 0 Å². The summed E-state index contributed by atoms with van der Waals surface area (Å²) in [5, 5.41) is 3.08. The molecule has 24 heavy (non-hydrogen) atoms. The maximum atomic E-state index is 12.9. The molecule has 0 saturated carbocycles. The van der Waals surface area contributed by atoms with Crippen LogP contribution in [0.5, 0.6) is 0 Å². The molecule has 130 valence electrons. The van der Waals surface area contributed by atoms with E-state index in [0.717, 1.165) is 43.6 Å². The van der Waals surface area contributed by atoms with Crippen LogP contribution in [0.15, 0.2) is 42.0 Å². The van der Waals surface area contributed by atoms with Crippen molar-refractivity contribution in [3.05, 3.63) is 53.4 Å². The third-order valence-corrected chi connectivity index (χ3v) is 4.34. The van der Waals surface area contributed by atoms with Crippen LogP contribution in [0.3, 0.4) is 0 Å². The highest BCUT2D eigenvalue weighted by Crippen LogP contribution is 2.15. The lowest BCUT2D eigenvalue weighted by atomic mass is 10.0. The zero-order chi connectivity index (χ0) is 17.5. The van der Waals surface area contributed by atoms with Crippen molar-refractivity contribution >= 4 is 11.5 Å². The van der Waals surface area contributed by atoms with Crippen molar-refractivity contribution in [2.24, 2.45) is 0 Å². The summed E-state index contributed by atoms with van der Waals surface area (Å²) in [7, 11) is 0. The van der Waals surface area contributed by atoms with Crippen molar-refractivity contribution in [3.8, 4) is 0 Å². The van der Waals surface area contributed by atoms with E-state index in [1.165, 1.54) is 17.7 Å². The van der Waals surface area contributed by atoms with Crippen molar-refractivity contribution in [1.29, 1.82) is 0 Å². The molecule has 0 aromatic heterocycles. The van der Waals surface area contributed by atoms with Gasteiger partial charge < -0.3 is 5.32 Å². The van der Waals surface area contributed by atoms with E-state index >= 15 is 0 Å². The van der Waals surface area contributed by atoms with Gasteiger partial charge in [-0.05, 0) is 56.9 Å².